The van der Waals surface area contributed by atoms with E-state index < -0.39 is 36.9 Å². The molecule has 3 aliphatic rings. The highest BCUT2D eigenvalue weighted by molar-refractivity contribution is 6.43. The van der Waals surface area contributed by atoms with Gasteiger partial charge in [-0.05, 0) is 68.1 Å². The molecule has 0 unspecified atom stereocenters. The lowest BCUT2D eigenvalue weighted by atomic mass is 9.58. The number of carbonyl (C=O) groups is 3. The van der Waals surface area contributed by atoms with Crippen molar-refractivity contribution in [3.8, 4) is 5.75 Å². The highest BCUT2D eigenvalue weighted by atomic mass is 16.5. The number of likely N-dealkylation sites (tertiary alicyclic amines) is 1. The van der Waals surface area contributed by atoms with E-state index in [0.29, 0.717) is 17.7 Å². The monoisotopic (exact) mass is 481 g/mol. The largest absolute Gasteiger partial charge is 0.508 e. The van der Waals surface area contributed by atoms with Gasteiger partial charge < -0.3 is 19.5 Å². The first kappa shape index (κ1) is 25.2. The quantitative estimate of drug-likeness (QED) is 0.360. The van der Waals surface area contributed by atoms with Crippen LogP contribution in [0.5, 0.6) is 5.75 Å². The van der Waals surface area contributed by atoms with Crippen LogP contribution in [0.25, 0.3) is 6.08 Å². The molecule has 4 rings (SSSR count). The molecule has 0 aromatic heterocycles. The van der Waals surface area contributed by atoms with E-state index >= 15 is 0 Å². The molecule has 4 atom stereocenters. The van der Waals surface area contributed by atoms with E-state index in [2.05, 4.69) is 17.7 Å². The Hall–Kier alpha value is -2.91. The number of ether oxygens (including phenoxy) is 1. The number of amides is 3. The first-order valence-electron chi connectivity index (χ1n) is 12.2. The molecule has 2 heterocycles. The number of phenolic OH excluding ortho intramolecular Hbond substituents is 1. The third-order valence-corrected chi connectivity index (χ3v) is 7.37. The Morgan fingerprint density at radius 1 is 1.20 bits per heavy atom. The van der Waals surface area contributed by atoms with Crippen molar-refractivity contribution in [2.24, 2.45) is 17.8 Å². The molecule has 1 aromatic rings. The van der Waals surface area contributed by atoms with Gasteiger partial charge in [0.15, 0.2) is 0 Å². The number of imide groups is 3. The van der Waals surface area contributed by atoms with Gasteiger partial charge in [0, 0.05) is 0 Å². The average molecular weight is 481 g/mol. The van der Waals surface area contributed by atoms with Gasteiger partial charge >= 0.3 is 13.2 Å². The Bertz CT molecular complexity index is 1060. The molecule has 2 aliphatic heterocycles. The van der Waals surface area contributed by atoms with Crippen LogP contribution in [0, 0.1) is 17.8 Å². The van der Waals surface area contributed by atoms with Crippen molar-refractivity contribution in [1.82, 2.24) is 4.90 Å². The minimum Gasteiger partial charge on any atom is -0.508 e. The molecular weight excluding hydrogens is 449 g/mol. The molecule has 8 nitrogen and oxygen atoms in total. The molecule has 2 fully saturated rings. The topological polar surface area (TPSA) is 113 Å². The van der Waals surface area contributed by atoms with Gasteiger partial charge in [0.25, 0.3) is 0 Å². The van der Waals surface area contributed by atoms with E-state index in [0.717, 1.165) is 43.1 Å². The molecule has 2 N–H and O–H groups in total. The summed E-state index contributed by atoms with van der Waals surface area (Å²) in [5, 5.41) is 20.1. The van der Waals surface area contributed by atoms with Crippen molar-refractivity contribution in [2.45, 2.75) is 58.4 Å². The Kier molecular flexibility index (Phi) is 7.47. The summed E-state index contributed by atoms with van der Waals surface area (Å²) in [5.41, 5.74) is 4.20. The fourth-order valence-electron chi connectivity index (χ4n) is 5.90. The van der Waals surface area contributed by atoms with Gasteiger partial charge in [-0.25, -0.2) is 4.79 Å². The number of carbonyl (C=O) groups excluding carboxylic acids is 3. The molecular formula is C26H32BNO7. The Labute approximate surface area is 205 Å². The number of hydrogen-bond acceptors (Lipinski definition) is 7. The molecule has 186 valence electrons. The third-order valence-electron chi connectivity index (χ3n) is 7.37. The van der Waals surface area contributed by atoms with E-state index in [4.69, 9.17) is 4.65 Å². The molecule has 9 heteroatoms. The molecule has 0 spiro atoms. The van der Waals surface area contributed by atoms with Crippen molar-refractivity contribution in [3.63, 3.8) is 0 Å². The fourth-order valence-corrected chi connectivity index (χ4v) is 5.90. The van der Waals surface area contributed by atoms with E-state index in [1.165, 1.54) is 5.57 Å². The van der Waals surface area contributed by atoms with Gasteiger partial charge in [0.2, 0.25) is 11.8 Å². The number of benzene rings is 1. The highest BCUT2D eigenvalue weighted by Gasteiger charge is 2.58. The number of hydrogen-bond donors (Lipinski definition) is 2. The van der Waals surface area contributed by atoms with Crippen molar-refractivity contribution in [2.75, 3.05) is 7.11 Å². The maximum absolute atomic E-state index is 13.1. The maximum Gasteiger partial charge on any atom is 0.455 e. The predicted molar refractivity (Wildman–Crippen MR) is 130 cm³/mol. The van der Waals surface area contributed by atoms with Crippen LogP contribution < -0.4 is 0 Å². The van der Waals surface area contributed by atoms with Gasteiger partial charge in [-0.15, -0.1) is 0 Å². The third kappa shape index (κ3) is 4.93. The lowest BCUT2D eigenvalue weighted by molar-refractivity contribution is -0.137. The number of fused-ring (bicyclic) bond motifs is 3. The summed E-state index contributed by atoms with van der Waals surface area (Å²) >= 11 is 0. The standard InChI is InChI=1S/C26H32BNO7/c1-4-5-16(13-17-6-9-18(29)10-7-17)8-11-21-22-15(2)12-19-23(20(22)14-27(33)35-21)25(31)28(24(19)30)26(32)34-3/h6-7,9-10,13,19-21,23,29,33H,4-5,8,11-12,14H2,1-3H3/b16-13+/t19-,20+,21-,23-/m1/s1. The van der Waals surface area contributed by atoms with Gasteiger partial charge in [-0.2, -0.15) is 4.90 Å². The summed E-state index contributed by atoms with van der Waals surface area (Å²) in [6.45, 7) is 4.07. The van der Waals surface area contributed by atoms with Crippen LogP contribution >= 0.6 is 0 Å². The molecule has 1 aliphatic carbocycles. The number of methoxy groups -OCH3 is 1. The van der Waals surface area contributed by atoms with Crippen molar-refractivity contribution in [3.05, 3.63) is 46.5 Å². The van der Waals surface area contributed by atoms with Gasteiger partial charge in [-0.3, -0.25) is 9.59 Å². The lowest BCUT2D eigenvalue weighted by Crippen LogP contribution is -2.46. The Morgan fingerprint density at radius 3 is 2.57 bits per heavy atom. The van der Waals surface area contributed by atoms with Crippen molar-refractivity contribution < 1.29 is 33.9 Å². The van der Waals surface area contributed by atoms with E-state index in [1.807, 2.05) is 19.1 Å². The van der Waals surface area contributed by atoms with E-state index in [9.17, 15) is 24.5 Å². The summed E-state index contributed by atoms with van der Waals surface area (Å²) in [6, 6.07) is 7.05. The SMILES string of the molecule is CCC/C(=C\c1ccc(O)cc1)CC[C@H]1OB(O)C[C@H]2C1=C(C)C[C@H]1C(=O)N(C(=O)OC)C(=O)[C@H]12. The summed E-state index contributed by atoms with van der Waals surface area (Å²) in [5.74, 6) is -2.52. The molecule has 0 bridgehead atoms. The number of phenols is 1. The zero-order valence-electron chi connectivity index (χ0n) is 20.4. The summed E-state index contributed by atoms with van der Waals surface area (Å²) < 4.78 is 10.6. The van der Waals surface area contributed by atoms with Crippen LogP contribution in [0.2, 0.25) is 6.32 Å². The minimum atomic E-state index is -1.05. The first-order chi connectivity index (χ1) is 16.7. The fraction of sp³-hybridized carbons (Fsp3) is 0.500. The zero-order valence-corrected chi connectivity index (χ0v) is 20.4. The number of rotatable bonds is 6. The van der Waals surface area contributed by atoms with Crippen molar-refractivity contribution >= 4 is 31.1 Å². The highest BCUT2D eigenvalue weighted by Crippen LogP contribution is 2.50. The van der Waals surface area contributed by atoms with E-state index in [1.54, 1.807) is 12.1 Å². The summed E-state index contributed by atoms with van der Waals surface area (Å²) in [6.07, 6.45) is 4.64. The smallest absolute Gasteiger partial charge is 0.455 e. The van der Waals surface area contributed by atoms with Crippen LogP contribution in [0.3, 0.4) is 0 Å². The zero-order chi connectivity index (χ0) is 25.3. The molecule has 0 saturated carbocycles. The second-order valence-corrected chi connectivity index (χ2v) is 9.66. The number of allylic oxidation sites excluding steroid dienone is 2. The molecule has 1 aromatic carbocycles. The maximum atomic E-state index is 13.1. The second kappa shape index (κ2) is 10.4. The van der Waals surface area contributed by atoms with Crippen LogP contribution in [0.1, 0.15) is 51.5 Å². The number of aromatic hydroxyl groups is 1. The minimum absolute atomic E-state index is 0.212. The van der Waals surface area contributed by atoms with Gasteiger partial charge in [0.05, 0.1) is 25.0 Å². The normalized spacial score (nSPS) is 26.7. The summed E-state index contributed by atoms with van der Waals surface area (Å²) in [7, 11) is 0.0965. The molecule has 3 amide bonds. The Balaban J connectivity index is 1.57. The van der Waals surface area contributed by atoms with Gasteiger partial charge in [0.1, 0.15) is 5.75 Å². The predicted octanol–water partition coefficient (Wildman–Crippen LogP) is 3.94. The molecule has 2 saturated heterocycles. The first-order valence-corrected chi connectivity index (χ1v) is 12.2. The summed E-state index contributed by atoms with van der Waals surface area (Å²) in [4.78, 5) is 38.8. The van der Waals surface area contributed by atoms with Crippen molar-refractivity contribution in [1.29, 1.82) is 0 Å². The van der Waals surface area contributed by atoms with E-state index in [-0.39, 0.29) is 24.1 Å². The van der Waals surface area contributed by atoms with Crippen LogP contribution in [-0.4, -0.2) is 53.3 Å². The van der Waals surface area contributed by atoms with Crippen LogP contribution in [0.4, 0.5) is 4.79 Å². The van der Waals surface area contributed by atoms with Crippen LogP contribution in [-0.2, 0) is 19.0 Å². The molecule has 35 heavy (non-hydrogen) atoms. The lowest BCUT2D eigenvalue weighted by Gasteiger charge is -2.42. The van der Waals surface area contributed by atoms with Crippen LogP contribution in [0.15, 0.2) is 41.0 Å². The molecule has 0 radical (unpaired) electrons. The number of nitrogens with zero attached hydrogens (tertiary/aromatic N) is 1. The van der Waals surface area contributed by atoms with Gasteiger partial charge in [-0.1, -0.05) is 42.7 Å². The Morgan fingerprint density at radius 2 is 1.91 bits per heavy atom. The second-order valence-electron chi connectivity index (χ2n) is 9.66. The average Bonchev–Trinajstić information content (AvgIpc) is 3.07.